The molecule has 0 amide bonds. The standard InChI is InChI=1S/C87H152NO8P/c1-6-8-10-12-14-16-18-20-22-24-26-28-30-32-34-36-38-40-42-44-46-48-50-52-54-56-58-60-62-64-66-68-70-72-74-76-78-80-87(90)96-85(84-95-97(91,92)94-82-81-88(3,4)5)83-93-86(89)79-77-75-73-71-69-67-65-63-61-59-57-55-53-51-49-47-45-43-41-39-37-35-33-31-29-27-25-23-21-19-17-15-13-11-9-7-2/h8,10,14,16,20,22,26,28,32,34,38,40,44,46,50,52,56,58,62,64,68,70,85H,6-7,9,11-13,15,17-19,21,23-25,27,29-31,33,35-37,39,41-43,45,47-49,51,53-55,57,59-61,63,65-67,69,71-84H2,1-5H3/b10-8-,16-14-,22-20-,28-26-,34-32-,40-38-,46-44-,52-50-,58-56-,64-62-,70-68-. The van der Waals surface area contributed by atoms with E-state index in [2.05, 4.69) is 148 Å². The Labute approximate surface area is 600 Å². The zero-order valence-corrected chi connectivity index (χ0v) is 64.6. The molecule has 0 aromatic carbocycles. The van der Waals surface area contributed by atoms with E-state index in [0.29, 0.717) is 17.4 Å². The summed E-state index contributed by atoms with van der Waals surface area (Å²) in [6, 6.07) is 0. The van der Waals surface area contributed by atoms with Crippen LogP contribution in [0.1, 0.15) is 354 Å². The molecule has 0 aromatic rings. The molecule has 0 N–H and O–H groups in total. The second-order valence-electron chi connectivity index (χ2n) is 28.1. The average Bonchev–Trinajstić information content (AvgIpc) is 1.41. The van der Waals surface area contributed by atoms with Crippen LogP contribution in [0.15, 0.2) is 134 Å². The Morgan fingerprint density at radius 3 is 0.876 bits per heavy atom. The topological polar surface area (TPSA) is 111 Å². The minimum Gasteiger partial charge on any atom is -0.756 e. The Morgan fingerprint density at radius 2 is 0.588 bits per heavy atom. The van der Waals surface area contributed by atoms with E-state index in [-0.39, 0.29) is 32.0 Å². The number of hydrogen-bond donors (Lipinski definition) is 0. The highest BCUT2D eigenvalue weighted by Gasteiger charge is 2.22. The number of nitrogens with zero attached hydrogens (tertiary/aromatic N) is 1. The fraction of sp³-hybridized carbons (Fsp3) is 0.724. The van der Waals surface area contributed by atoms with E-state index in [0.717, 1.165) is 109 Å². The molecule has 0 aliphatic heterocycles. The molecule has 97 heavy (non-hydrogen) atoms. The molecule has 0 spiro atoms. The molecular formula is C87H152NO8P. The summed E-state index contributed by atoms with van der Waals surface area (Å²) in [7, 11) is 1.14. The van der Waals surface area contributed by atoms with Gasteiger partial charge in [-0.1, -0.05) is 379 Å². The summed E-state index contributed by atoms with van der Waals surface area (Å²) in [6.45, 7) is 4.12. The lowest BCUT2D eigenvalue weighted by Gasteiger charge is -2.28. The minimum absolute atomic E-state index is 0.0429. The number of esters is 2. The van der Waals surface area contributed by atoms with Gasteiger partial charge in [0.1, 0.15) is 19.8 Å². The molecule has 2 atom stereocenters. The third-order valence-electron chi connectivity index (χ3n) is 17.4. The Balaban J connectivity index is 4.06. The Bertz CT molecular complexity index is 2100. The van der Waals surface area contributed by atoms with Gasteiger partial charge in [-0.25, -0.2) is 0 Å². The number of phosphoric acid groups is 1. The first-order chi connectivity index (χ1) is 47.5. The summed E-state index contributed by atoms with van der Waals surface area (Å²) < 4.78 is 34.3. The molecule has 0 fully saturated rings. The van der Waals surface area contributed by atoms with E-state index in [4.69, 9.17) is 18.5 Å². The van der Waals surface area contributed by atoms with Crippen LogP contribution < -0.4 is 4.89 Å². The number of rotatable bonds is 74. The van der Waals surface area contributed by atoms with Crippen LogP contribution in [0.3, 0.4) is 0 Å². The van der Waals surface area contributed by atoms with Crippen molar-refractivity contribution in [2.24, 2.45) is 0 Å². The number of allylic oxidation sites excluding steroid dienone is 22. The van der Waals surface area contributed by atoms with Crippen molar-refractivity contribution in [3.8, 4) is 0 Å². The van der Waals surface area contributed by atoms with Crippen molar-refractivity contribution in [2.45, 2.75) is 360 Å². The number of quaternary nitrogens is 1. The van der Waals surface area contributed by atoms with Crippen LogP contribution in [-0.4, -0.2) is 70.0 Å². The lowest BCUT2D eigenvalue weighted by molar-refractivity contribution is -0.870. The van der Waals surface area contributed by atoms with Gasteiger partial charge in [-0.05, 0) is 96.3 Å². The van der Waals surface area contributed by atoms with Crippen molar-refractivity contribution < 1.29 is 42.1 Å². The Kier molecular flexibility index (Phi) is 73.3. The summed E-state index contributed by atoms with van der Waals surface area (Å²) in [5.74, 6) is -0.867. The molecule has 0 bridgehead atoms. The fourth-order valence-electron chi connectivity index (χ4n) is 11.3. The van der Waals surface area contributed by atoms with Crippen LogP contribution in [0.2, 0.25) is 0 Å². The van der Waals surface area contributed by atoms with Crippen LogP contribution in [0.4, 0.5) is 0 Å². The maximum Gasteiger partial charge on any atom is 0.306 e. The quantitative estimate of drug-likeness (QED) is 0.0195. The molecule has 10 heteroatoms. The Morgan fingerprint density at radius 1 is 0.330 bits per heavy atom. The predicted molar refractivity (Wildman–Crippen MR) is 420 cm³/mol. The molecule has 0 radical (unpaired) electrons. The zero-order valence-electron chi connectivity index (χ0n) is 63.7. The molecule has 0 saturated carbocycles. The third-order valence-corrected chi connectivity index (χ3v) is 18.4. The van der Waals surface area contributed by atoms with Gasteiger partial charge < -0.3 is 27.9 Å². The zero-order chi connectivity index (χ0) is 70.4. The van der Waals surface area contributed by atoms with E-state index in [1.807, 2.05) is 21.1 Å². The van der Waals surface area contributed by atoms with Gasteiger partial charge in [-0.15, -0.1) is 0 Å². The van der Waals surface area contributed by atoms with Gasteiger partial charge in [0.05, 0.1) is 27.7 Å². The van der Waals surface area contributed by atoms with Crippen LogP contribution in [0.5, 0.6) is 0 Å². The molecule has 9 nitrogen and oxygen atoms in total. The highest BCUT2D eigenvalue weighted by atomic mass is 31.2. The van der Waals surface area contributed by atoms with Crippen molar-refractivity contribution in [2.75, 3.05) is 47.5 Å². The summed E-state index contributed by atoms with van der Waals surface area (Å²) in [5, 5.41) is 0. The maximum absolute atomic E-state index is 12.9. The SMILES string of the molecule is CC/C=C\C/C=C\C/C=C\C/C=C\C/C=C\C/C=C\C/C=C\C/C=C\C/C=C\C/C=C\C/C=C\CCCCCC(=O)OC(COC(=O)CCCCCCCCCCCCCCCCCCCCCCCCCCCCCCCCCCCCCC)COP(=O)([O-])OCC[N+](C)(C)C. The summed E-state index contributed by atoms with van der Waals surface area (Å²) >= 11 is 0. The van der Waals surface area contributed by atoms with Crippen molar-refractivity contribution >= 4 is 19.8 Å². The number of likely N-dealkylation sites (N-methyl/N-ethyl adjacent to an activating group) is 1. The largest absolute Gasteiger partial charge is 0.756 e. The minimum atomic E-state index is -4.66. The fourth-order valence-corrected chi connectivity index (χ4v) is 12.0. The number of hydrogen-bond acceptors (Lipinski definition) is 8. The normalized spacial score (nSPS) is 13.8. The van der Waals surface area contributed by atoms with E-state index in [1.165, 1.54) is 212 Å². The van der Waals surface area contributed by atoms with Crippen LogP contribution in [0, 0.1) is 0 Å². The first-order valence-electron chi connectivity index (χ1n) is 40.4. The smallest absolute Gasteiger partial charge is 0.306 e. The summed E-state index contributed by atoms with van der Waals surface area (Å²) in [4.78, 5) is 38.2. The van der Waals surface area contributed by atoms with Gasteiger partial charge >= 0.3 is 11.9 Å². The van der Waals surface area contributed by atoms with E-state index < -0.39 is 26.5 Å². The second kappa shape index (κ2) is 76.3. The number of phosphoric ester groups is 1. The summed E-state index contributed by atoms with van der Waals surface area (Å²) in [5.41, 5.74) is 0. The molecule has 0 aromatic heterocycles. The van der Waals surface area contributed by atoms with Gasteiger partial charge in [0.15, 0.2) is 6.10 Å². The molecular weight excluding hydrogens is 1220 g/mol. The highest BCUT2D eigenvalue weighted by molar-refractivity contribution is 7.45. The highest BCUT2D eigenvalue weighted by Crippen LogP contribution is 2.38. The van der Waals surface area contributed by atoms with Crippen molar-refractivity contribution in [1.82, 2.24) is 0 Å². The van der Waals surface area contributed by atoms with Gasteiger partial charge in [0, 0.05) is 12.8 Å². The van der Waals surface area contributed by atoms with Gasteiger partial charge in [-0.2, -0.15) is 0 Å². The van der Waals surface area contributed by atoms with Crippen LogP contribution in [-0.2, 0) is 32.7 Å². The summed E-state index contributed by atoms with van der Waals surface area (Å²) in [6.07, 6.45) is 112. The first kappa shape index (κ1) is 93.2. The lowest BCUT2D eigenvalue weighted by Crippen LogP contribution is -2.37. The molecule has 0 heterocycles. The number of carbonyl (C=O) groups excluding carboxylic acids is 2. The molecule has 0 aliphatic carbocycles. The van der Waals surface area contributed by atoms with Crippen molar-refractivity contribution in [1.29, 1.82) is 0 Å². The molecule has 0 rings (SSSR count). The first-order valence-corrected chi connectivity index (χ1v) is 41.9. The Hall–Kier alpha value is -3.85. The van der Waals surface area contributed by atoms with Crippen LogP contribution in [0.25, 0.3) is 0 Å². The molecule has 0 aliphatic rings. The molecule has 0 saturated heterocycles. The van der Waals surface area contributed by atoms with Gasteiger partial charge in [0.25, 0.3) is 7.82 Å². The van der Waals surface area contributed by atoms with E-state index in [1.54, 1.807) is 0 Å². The number of unbranched alkanes of at least 4 members (excludes halogenated alkanes) is 38. The maximum atomic E-state index is 12.9. The molecule has 2 unspecified atom stereocenters. The van der Waals surface area contributed by atoms with Gasteiger partial charge in [-0.3, -0.25) is 14.2 Å². The van der Waals surface area contributed by atoms with Crippen molar-refractivity contribution in [3.63, 3.8) is 0 Å². The lowest BCUT2D eigenvalue weighted by atomic mass is 10.0. The number of ether oxygens (including phenoxy) is 2. The molecule has 558 valence electrons. The second-order valence-corrected chi connectivity index (χ2v) is 29.5. The average molecular weight is 1370 g/mol. The number of carbonyl (C=O) groups is 2. The van der Waals surface area contributed by atoms with E-state index >= 15 is 0 Å². The van der Waals surface area contributed by atoms with E-state index in [9.17, 15) is 19.0 Å². The van der Waals surface area contributed by atoms with Crippen molar-refractivity contribution in [3.05, 3.63) is 134 Å². The predicted octanol–water partition coefficient (Wildman–Crippen LogP) is 26.5. The third kappa shape index (κ3) is 81.0. The monoisotopic (exact) mass is 1370 g/mol. The van der Waals surface area contributed by atoms with Gasteiger partial charge in [0.2, 0.25) is 0 Å². The van der Waals surface area contributed by atoms with Crippen LogP contribution >= 0.6 is 7.82 Å².